The van der Waals surface area contributed by atoms with Crippen LogP contribution in [0.4, 0.5) is 0 Å². The summed E-state index contributed by atoms with van der Waals surface area (Å²) in [5, 5.41) is 10.6. The number of carbonyl (C=O) groups is 4. The van der Waals surface area contributed by atoms with Crippen molar-refractivity contribution in [2.75, 3.05) is 39.6 Å². The second-order valence-corrected chi connectivity index (χ2v) is 31.6. The molecule has 0 heterocycles. The predicted octanol–water partition coefficient (Wildman–Crippen LogP) is 22.7. The Kier molecular flexibility index (Phi) is 67.4. The molecule has 0 spiro atoms. The highest BCUT2D eigenvalue weighted by Gasteiger charge is 2.30. The third-order valence-electron chi connectivity index (χ3n) is 18.0. The molecule has 5 atom stereocenters. The van der Waals surface area contributed by atoms with Crippen molar-refractivity contribution in [3.8, 4) is 0 Å². The van der Waals surface area contributed by atoms with E-state index in [4.69, 9.17) is 37.0 Å². The average Bonchev–Trinajstić information content (AvgIpc) is 1.36. The SMILES string of the molecule is CCCCCCCCCCCCCCCCCCCCC(=O)O[C@H](COC(=O)CCCCCCCCCCCCCCC(C)C)COP(=O)(O)OC[C@@H](O)COP(=O)(O)OC[C@@H](COC(=O)CCCCCCCCCCCC)OC(=O)CCCCCCCCCCCCC(C)C. The van der Waals surface area contributed by atoms with Gasteiger partial charge in [-0.2, -0.15) is 0 Å². The van der Waals surface area contributed by atoms with Crippen LogP contribution in [0, 0.1) is 11.8 Å². The van der Waals surface area contributed by atoms with Gasteiger partial charge in [0.25, 0.3) is 0 Å². The number of ether oxygens (including phenoxy) is 4. The Morgan fingerprint density at radius 2 is 0.479 bits per heavy atom. The smallest absolute Gasteiger partial charge is 0.462 e. The molecule has 0 saturated carbocycles. The van der Waals surface area contributed by atoms with Crippen LogP contribution in [-0.2, 0) is 65.4 Å². The van der Waals surface area contributed by atoms with E-state index in [-0.39, 0.29) is 25.7 Å². The summed E-state index contributed by atoms with van der Waals surface area (Å²) in [5.74, 6) is -0.580. The first-order valence-corrected chi connectivity index (χ1v) is 43.0. The van der Waals surface area contributed by atoms with Crippen molar-refractivity contribution in [3.63, 3.8) is 0 Å². The predicted molar refractivity (Wildman–Crippen MR) is 391 cm³/mol. The molecule has 0 rings (SSSR count). The van der Waals surface area contributed by atoms with Gasteiger partial charge < -0.3 is 33.8 Å². The number of esters is 4. The molecule has 0 bridgehead atoms. The van der Waals surface area contributed by atoms with E-state index in [9.17, 15) is 43.2 Å². The molecule has 0 aliphatic carbocycles. The number of rotatable bonds is 76. The molecule has 0 aromatic carbocycles. The van der Waals surface area contributed by atoms with Gasteiger partial charge in [-0.3, -0.25) is 37.3 Å². The Balaban J connectivity index is 5.24. The molecule has 0 radical (unpaired) electrons. The number of phosphoric acid groups is 2. The monoisotopic (exact) mass is 1410 g/mol. The molecule has 570 valence electrons. The van der Waals surface area contributed by atoms with Gasteiger partial charge in [-0.15, -0.1) is 0 Å². The first-order valence-electron chi connectivity index (χ1n) is 40.0. The Morgan fingerprint density at radius 1 is 0.281 bits per heavy atom. The maximum atomic E-state index is 13.1. The highest BCUT2D eigenvalue weighted by molar-refractivity contribution is 7.47. The maximum Gasteiger partial charge on any atom is 0.472 e. The van der Waals surface area contributed by atoms with Gasteiger partial charge in [0.1, 0.15) is 19.3 Å². The van der Waals surface area contributed by atoms with Crippen LogP contribution in [0.2, 0.25) is 0 Å². The summed E-state index contributed by atoms with van der Waals surface area (Å²) in [4.78, 5) is 72.8. The van der Waals surface area contributed by atoms with Crippen LogP contribution >= 0.6 is 15.6 Å². The fourth-order valence-corrected chi connectivity index (χ4v) is 13.4. The first kappa shape index (κ1) is 94.1. The van der Waals surface area contributed by atoms with Crippen molar-refractivity contribution in [1.82, 2.24) is 0 Å². The summed E-state index contributed by atoms with van der Waals surface area (Å²) in [7, 11) is -9.91. The molecule has 0 saturated heterocycles. The second-order valence-electron chi connectivity index (χ2n) is 28.7. The second kappa shape index (κ2) is 68.8. The highest BCUT2D eigenvalue weighted by Crippen LogP contribution is 2.45. The lowest BCUT2D eigenvalue weighted by molar-refractivity contribution is -0.161. The number of unbranched alkanes of at least 4 members (excludes halogenated alkanes) is 46. The van der Waals surface area contributed by atoms with E-state index < -0.39 is 97.5 Å². The lowest BCUT2D eigenvalue weighted by Gasteiger charge is -2.21. The van der Waals surface area contributed by atoms with E-state index in [1.165, 1.54) is 218 Å². The van der Waals surface area contributed by atoms with Gasteiger partial charge in [0.05, 0.1) is 26.4 Å². The minimum Gasteiger partial charge on any atom is -0.462 e. The molecule has 0 amide bonds. The maximum absolute atomic E-state index is 13.1. The Bertz CT molecular complexity index is 1860. The van der Waals surface area contributed by atoms with E-state index in [2.05, 4.69) is 41.5 Å². The molecule has 19 heteroatoms. The molecule has 0 aromatic heterocycles. The average molecular weight is 1410 g/mol. The molecule has 96 heavy (non-hydrogen) atoms. The minimum absolute atomic E-state index is 0.106. The molecule has 2 unspecified atom stereocenters. The summed E-state index contributed by atoms with van der Waals surface area (Å²) in [5.41, 5.74) is 0. The fourth-order valence-electron chi connectivity index (χ4n) is 11.8. The lowest BCUT2D eigenvalue weighted by Crippen LogP contribution is -2.30. The minimum atomic E-state index is -4.96. The molecular formula is C77H150O17P2. The van der Waals surface area contributed by atoms with Gasteiger partial charge in [0.2, 0.25) is 0 Å². The van der Waals surface area contributed by atoms with Crippen molar-refractivity contribution < 1.29 is 80.2 Å². The van der Waals surface area contributed by atoms with Crippen LogP contribution in [0.25, 0.3) is 0 Å². The summed E-state index contributed by atoms with van der Waals surface area (Å²) < 4.78 is 68.6. The van der Waals surface area contributed by atoms with Crippen molar-refractivity contribution in [2.24, 2.45) is 11.8 Å². The van der Waals surface area contributed by atoms with Crippen molar-refractivity contribution in [3.05, 3.63) is 0 Å². The number of hydrogen-bond acceptors (Lipinski definition) is 15. The Morgan fingerprint density at radius 3 is 0.708 bits per heavy atom. The largest absolute Gasteiger partial charge is 0.472 e. The Hall–Kier alpha value is -1.94. The van der Waals surface area contributed by atoms with Crippen LogP contribution in [0.3, 0.4) is 0 Å². The van der Waals surface area contributed by atoms with Crippen LogP contribution in [0.5, 0.6) is 0 Å². The fraction of sp³-hybridized carbons (Fsp3) is 0.948. The first-order chi connectivity index (χ1) is 46.4. The number of carbonyl (C=O) groups excluding carboxylic acids is 4. The number of phosphoric ester groups is 2. The summed E-state index contributed by atoms with van der Waals surface area (Å²) >= 11 is 0. The molecule has 17 nitrogen and oxygen atoms in total. The molecule has 0 aliphatic rings. The van der Waals surface area contributed by atoms with Crippen LogP contribution < -0.4 is 0 Å². The molecule has 0 aromatic rings. The molecule has 0 fully saturated rings. The zero-order valence-electron chi connectivity index (χ0n) is 62.7. The number of aliphatic hydroxyl groups is 1. The van der Waals surface area contributed by atoms with Gasteiger partial charge in [0, 0.05) is 25.7 Å². The van der Waals surface area contributed by atoms with Crippen LogP contribution in [-0.4, -0.2) is 96.7 Å². The van der Waals surface area contributed by atoms with Crippen LogP contribution in [0.15, 0.2) is 0 Å². The summed E-state index contributed by atoms with van der Waals surface area (Å²) in [6, 6.07) is 0. The van der Waals surface area contributed by atoms with E-state index in [1.807, 2.05) is 0 Å². The van der Waals surface area contributed by atoms with Gasteiger partial charge in [-0.1, -0.05) is 350 Å². The zero-order chi connectivity index (χ0) is 70.7. The normalized spacial score (nSPS) is 14.0. The lowest BCUT2D eigenvalue weighted by atomic mass is 10.0. The topological polar surface area (TPSA) is 237 Å². The summed E-state index contributed by atoms with van der Waals surface area (Å²) in [6.07, 6.45) is 56.8. The quantitative estimate of drug-likeness (QED) is 0.0222. The molecule has 0 aliphatic heterocycles. The van der Waals surface area contributed by atoms with Gasteiger partial charge in [-0.25, -0.2) is 9.13 Å². The molecular weight excluding hydrogens is 1260 g/mol. The standard InChI is InChI=1S/C77H150O17P2/c1-7-9-11-13-15-17-19-20-21-22-23-24-25-30-37-43-49-55-61-76(81)93-73(66-88-75(80)60-54-48-42-36-29-27-26-28-33-39-45-51-57-69(3)4)68-92-96(85,86)90-64-71(78)63-89-95(83,84)91-67-72(65-87-74(79)59-53-47-41-35-18-16-14-12-10-8-2)94-77(82)62-56-50-44-38-32-31-34-40-46-52-58-70(5)6/h69-73,78H,7-68H2,1-6H3,(H,83,84)(H,85,86)/t71-,72+,73+/m0/s1. The van der Waals surface area contributed by atoms with Crippen molar-refractivity contribution >= 4 is 39.5 Å². The van der Waals surface area contributed by atoms with Crippen molar-refractivity contribution in [2.45, 2.75) is 419 Å². The van der Waals surface area contributed by atoms with E-state index in [1.54, 1.807) is 0 Å². The highest BCUT2D eigenvalue weighted by atomic mass is 31.2. The van der Waals surface area contributed by atoms with Gasteiger partial charge in [0.15, 0.2) is 12.2 Å². The van der Waals surface area contributed by atoms with Crippen molar-refractivity contribution in [1.29, 1.82) is 0 Å². The Labute approximate surface area is 588 Å². The van der Waals surface area contributed by atoms with E-state index in [0.717, 1.165) is 102 Å². The van der Waals surface area contributed by atoms with Crippen LogP contribution in [0.1, 0.15) is 401 Å². The molecule has 3 N–H and O–H groups in total. The van der Waals surface area contributed by atoms with Gasteiger partial charge >= 0.3 is 39.5 Å². The third kappa shape index (κ3) is 70.5. The zero-order valence-corrected chi connectivity index (χ0v) is 64.5. The van der Waals surface area contributed by atoms with E-state index in [0.29, 0.717) is 25.7 Å². The summed E-state index contributed by atoms with van der Waals surface area (Å²) in [6.45, 7) is 9.60. The number of hydrogen-bond donors (Lipinski definition) is 3. The van der Waals surface area contributed by atoms with Gasteiger partial charge in [-0.05, 0) is 37.5 Å². The number of aliphatic hydroxyl groups excluding tert-OH is 1. The third-order valence-corrected chi connectivity index (χ3v) is 19.9. The van der Waals surface area contributed by atoms with E-state index >= 15 is 0 Å².